The van der Waals surface area contributed by atoms with E-state index in [1.165, 1.54) is 12.3 Å². The molecule has 1 atom stereocenters. The standard InChI is InChI=1S/C19H19F3N6O4/c20-13-3-11(4-14-12(13)6-27-28-14)32-9-17(30)23-2-1-10(29)5-26-19(31)16-8-24-15(7-25-16)18(21)22/h3-4,6-8,10,18,29H,1-2,5,9H2,(H,23,30)(H,26,31)(H,27,28)/t10-/m0/s1. The average molecular weight is 452 g/mol. The van der Waals surface area contributed by atoms with Crippen LogP contribution in [0.25, 0.3) is 10.9 Å². The largest absolute Gasteiger partial charge is 0.484 e. The van der Waals surface area contributed by atoms with Crippen molar-refractivity contribution in [2.45, 2.75) is 19.0 Å². The van der Waals surface area contributed by atoms with Crippen LogP contribution >= 0.6 is 0 Å². The lowest BCUT2D eigenvalue weighted by Crippen LogP contribution is -2.36. The van der Waals surface area contributed by atoms with Crippen molar-refractivity contribution in [1.82, 2.24) is 30.8 Å². The molecular formula is C19H19F3N6O4. The molecule has 170 valence electrons. The Balaban J connectivity index is 1.34. The van der Waals surface area contributed by atoms with Gasteiger partial charge in [-0.3, -0.25) is 19.7 Å². The molecule has 32 heavy (non-hydrogen) atoms. The summed E-state index contributed by atoms with van der Waals surface area (Å²) in [5.41, 5.74) is -0.286. The number of aromatic amines is 1. The van der Waals surface area contributed by atoms with Crippen LogP contribution in [0, 0.1) is 5.82 Å². The predicted molar refractivity (Wildman–Crippen MR) is 105 cm³/mol. The van der Waals surface area contributed by atoms with E-state index in [0.717, 1.165) is 18.5 Å². The maximum Gasteiger partial charge on any atom is 0.281 e. The Morgan fingerprint density at radius 1 is 1.16 bits per heavy atom. The molecule has 0 aliphatic heterocycles. The summed E-state index contributed by atoms with van der Waals surface area (Å²) < 4.78 is 44.0. The summed E-state index contributed by atoms with van der Waals surface area (Å²) in [6.07, 6.45) is -0.593. The van der Waals surface area contributed by atoms with Gasteiger partial charge in [0, 0.05) is 25.2 Å². The predicted octanol–water partition coefficient (Wildman–Crippen LogP) is 1.11. The fraction of sp³-hybridized carbons (Fsp3) is 0.316. The molecule has 13 heteroatoms. The molecule has 0 saturated carbocycles. The van der Waals surface area contributed by atoms with E-state index in [0.29, 0.717) is 10.9 Å². The number of halogens is 3. The van der Waals surface area contributed by atoms with E-state index in [9.17, 15) is 27.9 Å². The Bertz CT molecular complexity index is 1080. The summed E-state index contributed by atoms with van der Waals surface area (Å²) in [6, 6.07) is 2.65. The third-order valence-corrected chi connectivity index (χ3v) is 4.28. The van der Waals surface area contributed by atoms with Crippen LogP contribution in [-0.2, 0) is 4.79 Å². The molecule has 2 heterocycles. The number of nitrogens with one attached hydrogen (secondary N) is 3. The summed E-state index contributed by atoms with van der Waals surface area (Å²) in [7, 11) is 0. The molecule has 0 spiro atoms. The summed E-state index contributed by atoms with van der Waals surface area (Å²) in [4.78, 5) is 30.8. The highest BCUT2D eigenvalue weighted by atomic mass is 19.3. The Hall–Kier alpha value is -3.74. The first-order valence-corrected chi connectivity index (χ1v) is 9.42. The van der Waals surface area contributed by atoms with Crippen LogP contribution in [0.4, 0.5) is 13.2 Å². The smallest absolute Gasteiger partial charge is 0.281 e. The number of carbonyl (C=O) groups excluding carboxylic acids is 2. The van der Waals surface area contributed by atoms with Gasteiger partial charge < -0.3 is 20.5 Å². The molecule has 2 amide bonds. The number of benzene rings is 1. The average Bonchev–Trinajstić information content (AvgIpc) is 3.25. The minimum atomic E-state index is -2.79. The van der Waals surface area contributed by atoms with Crippen LogP contribution in [0.5, 0.6) is 5.75 Å². The summed E-state index contributed by atoms with van der Waals surface area (Å²) >= 11 is 0. The zero-order chi connectivity index (χ0) is 23.1. The molecule has 0 unspecified atom stereocenters. The molecule has 0 bridgehead atoms. The third kappa shape index (κ3) is 6.14. The number of hydrogen-bond donors (Lipinski definition) is 4. The molecular weight excluding hydrogens is 433 g/mol. The maximum atomic E-state index is 13.8. The number of nitrogens with zero attached hydrogens (tertiary/aromatic N) is 3. The summed E-state index contributed by atoms with van der Waals surface area (Å²) in [5, 5.41) is 21.5. The van der Waals surface area contributed by atoms with Crippen molar-refractivity contribution in [3.63, 3.8) is 0 Å². The van der Waals surface area contributed by atoms with Gasteiger partial charge in [-0.15, -0.1) is 0 Å². The summed E-state index contributed by atoms with van der Waals surface area (Å²) in [5.74, 6) is -1.55. The van der Waals surface area contributed by atoms with Gasteiger partial charge in [-0.25, -0.2) is 18.2 Å². The number of ether oxygens (including phenoxy) is 1. The number of alkyl halides is 2. The van der Waals surface area contributed by atoms with Crippen LogP contribution < -0.4 is 15.4 Å². The second-order valence-corrected chi connectivity index (χ2v) is 6.65. The number of hydrogen-bond acceptors (Lipinski definition) is 7. The zero-order valence-corrected chi connectivity index (χ0v) is 16.5. The van der Waals surface area contributed by atoms with Gasteiger partial charge >= 0.3 is 0 Å². The quantitative estimate of drug-likeness (QED) is 0.361. The number of aromatic nitrogens is 4. The van der Waals surface area contributed by atoms with Gasteiger partial charge in [-0.1, -0.05) is 0 Å². The van der Waals surface area contributed by atoms with Gasteiger partial charge in [0.25, 0.3) is 18.2 Å². The van der Waals surface area contributed by atoms with E-state index in [-0.39, 0.29) is 37.6 Å². The molecule has 2 aromatic heterocycles. The Labute approximate surface area is 179 Å². The van der Waals surface area contributed by atoms with Crippen LogP contribution in [0.3, 0.4) is 0 Å². The fourth-order valence-electron chi connectivity index (χ4n) is 2.62. The molecule has 0 radical (unpaired) electrons. The van der Waals surface area contributed by atoms with E-state index >= 15 is 0 Å². The number of H-pyrrole nitrogens is 1. The van der Waals surface area contributed by atoms with E-state index < -0.39 is 35.9 Å². The second-order valence-electron chi connectivity index (χ2n) is 6.65. The highest BCUT2D eigenvalue weighted by Crippen LogP contribution is 2.22. The molecule has 1 aromatic carbocycles. The molecule has 4 N–H and O–H groups in total. The maximum absolute atomic E-state index is 13.8. The molecule has 3 rings (SSSR count). The van der Waals surface area contributed by atoms with Crippen LogP contribution in [-0.4, -0.2) is 62.9 Å². The number of carbonyl (C=O) groups is 2. The van der Waals surface area contributed by atoms with Crippen molar-refractivity contribution in [2.24, 2.45) is 0 Å². The SMILES string of the molecule is O=C(COc1cc(F)c2cn[nH]c2c1)NCC[C@H](O)CNC(=O)c1cnc(C(F)F)cn1. The molecule has 0 fully saturated rings. The lowest BCUT2D eigenvalue weighted by molar-refractivity contribution is -0.123. The van der Waals surface area contributed by atoms with Crippen molar-refractivity contribution in [3.8, 4) is 5.75 Å². The van der Waals surface area contributed by atoms with Crippen molar-refractivity contribution < 1.29 is 32.6 Å². The first-order valence-electron chi connectivity index (χ1n) is 9.42. The normalized spacial score (nSPS) is 12.0. The van der Waals surface area contributed by atoms with E-state index in [1.54, 1.807) is 0 Å². The lowest BCUT2D eigenvalue weighted by atomic mass is 10.2. The minimum absolute atomic E-state index is 0.0933. The Morgan fingerprint density at radius 3 is 2.69 bits per heavy atom. The fourth-order valence-corrected chi connectivity index (χ4v) is 2.62. The number of aliphatic hydroxyl groups is 1. The molecule has 0 aliphatic carbocycles. The minimum Gasteiger partial charge on any atom is -0.484 e. The first kappa shape index (κ1) is 22.9. The number of rotatable bonds is 10. The van der Waals surface area contributed by atoms with Crippen LogP contribution in [0.15, 0.2) is 30.7 Å². The van der Waals surface area contributed by atoms with Gasteiger partial charge in [0.15, 0.2) is 6.61 Å². The monoisotopic (exact) mass is 452 g/mol. The lowest BCUT2D eigenvalue weighted by Gasteiger charge is -2.13. The van der Waals surface area contributed by atoms with Gasteiger partial charge in [-0.2, -0.15) is 5.10 Å². The van der Waals surface area contributed by atoms with E-state index in [2.05, 4.69) is 30.8 Å². The van der Waals surface area contributed by atoms with E-state index in [1.807, 2.05) is 0 Å². The third-order valence-electron chi connectivity index (χ3n) is 4.28. The Morgan fingerprint density at radius 2 is 1.97 bits per heavy atom. The van der Waals surface area contributed by atoms with Crippen molar-refractivity contribution >= 4 is 22.7 Å². The van der Waals surface area contributed by atoms with Crippen molar-refractivity contribution in [2.75, 3.05) is 19.7 Å². The van der Waals surface area contributed by atoms with E-state index in [4.69, 9.17) is 4.74 Å². The molecule has 0 aliphatic rings. The zero-order valence-electron chi connectivity index (χ0n) is 16.5. The Kier molecular flexibility index (Phi) is 7.54. The number of amides is 2. The molecule has 0 saturated heterocycles. The van der Waals surface area contributed by atoms with Gasteiger partial charge in [0.1, 0.15) is 23.0 Å². The van der Waals surface area contributed by atoms with Gasteiger partial charge in [0.05, 0.1) is 35.6 Å². The van der Waals surface area contributed by atoms with Crippen LogP contribution in [0.1, 0.15) is 29.0 Å². The van der Waals surface area contributed by atoms with Crippen molar-refractivity contribution in [3.05, 3.63) is 47.9 Å². The number of aliphatic hydroxyl groups excluding tert-OH is 1. The van der Waals surface area contributed by atoms with Gasteiger partial charge in [-0.05, 0) is 6.42 Å². The van der Waals surface area contributed by atoms with Crippen molar-refractivity contribution in [1.29, 1.82) is 0 Å². The highest BCUT2D eigenvalue weighted by Gasteiger charge is 2.14. The first-order chi connectivity index (χ1) is 15.3. The second kappa shape index (κ2) is 10.5. The molecule has 3 aromatic rings. The molecule has 10 nitrogen and oxygen atoms in total. The topological polar surface area (TPSA) is 142 Å². The van der Waals surface area contributed by atoms with Crippen LogP contribution in [0.2, 0.25) is 0 Å². The van der Waals surface area contributed by atoms with Gasteiger partial charge in [0.2, 0.25) is 0 Å². The number of fused-ring (bicyclic) bond motifs is 1. The highest BCUT2D eigenvalue weighted by molar-refractivity contribution is 5.91. The summed E-state index contributed by atoms with van der Waals surface area (Å²) in [6.45, 7) is -0.414.